The molecule has 144 valence electrons. The van der Waals surface area contributed by atoms with E-state index in [1.54, 1.807) is 11.3 Å². The third-order valence-corrected chi connectivity index (χ3v) is 6.26. The van der Waals surface area contributed by atoms with Crippen molar-refractivity contribution in [3.8, 4) is 0 Å². The summed E-state index contributed by atoms with van der Waals surface area (Å²) in [5.74, 6) is 0. The number of halogens is 1. The van der Waals surface area contributed by atoms with Gasteiger partial charge in [0.1, 0.15) is 0 Å². The number of aryl methyl sites for hydroxylation is 2. The second-order valence-electron chi connectivity index (χ2n) is 6.98. The lowest BCUT2D eigenvalue weighted by atomic mass is 10.0. The summed E-state index contributed by atoms with van der Waals surface area (Å²) >= 11 is 7.83. The predicted octanol–water partition coefficient (Wildman–Crippen LogP) is 3.83. The van der Waals surface area contributed by atoms with E-state index < -0.39 is 0 Å². The number of imidazole rings is 1. The highest BCUT2D eigenvalue weighted by Crippen LogP contribution is 2.24. The molecule has 0 saturated carbocycles. The van der Waals surface area contributed by atoms with Crippen LogP contribution in [0.2, 0.25) is 5.02 Å². The van der Waals surface area contributed by atoms with E-state index >= 15 is 0 Å². The molecule has 1 N–H and O–H groups in total. The van der Waals surface area contributed by atoms with Crippen molar-refractivity contribution in [2.45, 2.75) is 26.4 Å². The molecule has 1 aliphatic heterocycles. The Morgan fingerprint density at radius 1 is 1.22 bits per heavy atom. The molecule has 5 nitrogen and oxygen atoms in total. The van der Waals surface area contributed by atoms with Crippen molar-refractivity contribution < 1.29 is 4.74 Å². The van der Waals surface area contributed by atoms with E-state index in [0.29, 0.717) is 6.04 Å². The van der Waals surface area contributed by atoms with E-state index in [0.717, 1.165) is 55.1 Å². The van der Waals surface area contributed by atoms with Gasteiger partial charge >= 0.3 is 0 Å². The Balaban J connectivity index is 1.49. The molecule has 4 rings (SSSR count). The van der Waals surface area contributed by atoms with Crippen LogP contribution in [-0.2, 0) is 11.3 Å². The molecule has 2 aromatic heterocycles. The number of fused-ring (bicyclic) bond motifs is 1. The lowest BCUT2D eigenvalue weighted by molar-refractivity contribution is 0.0161. The van der Waals surface area contributed by atoms with Crippen LogP contribution in [-0.4, -0.2) is 47.1 Å². The first kappa shape index (κ1) is 18.9. The van der Waals surface area contributed by atoms with E-state index in [1.165, 1.54) is 16.1 Å². The van der Waals surface area contributed by atoms with Gasteiger partial charge in [-0.3, -0.25) is 9.30 Å². The van der Waals surface area contributed by atoms with Gasteiger partial charge in [-0.25, -0.2) is 4.98 Å². The van der Waals surface area contributed by atoms with Gasteiger partial charge in [-0.2, -0.15) is 0 Å². The van der Waals surface area contributed by atoms with Gasteiger partial charge in [0, 0.05) is 48.3 Å². The van der Waals surface area contributed by atoms with Crippen molar-refractivity contribution in [3.05, 3.63) is 57.3 Å². The maximum atomic E-state index is 6.09. The van der Waals surface area contributed by atoms with Crippen LogP contribution >= 0.6 is 22.9 Å². The number of aromatic nitrogens is 2. The van der Waals surface area contributed by atoms with Crippen LogP contribution in [0.3, 0.4) is 0 Å². The Morgan fingerprint density at radius 2 is 1.96 bits per heavy atom. The van der Waals surface area contributed by atoms with Crippen LogP contribution < -0.4 is 5.32 Å². The Labute approximate surface area is 168 Å². The maximum Gasteiger partial charge on any atom is 0.194 e. The van der Waals surface area contributed by atoms with Crippen LogP contribution in [0.1, 0.15) is 27.9 Å². The standard InChI is InChI=1S/C20H25ClN4OS/c1-14-13-25-18(15(2)23-20(25)27-14)11-22-12-19(24-7-9-26-10-8-24)16-3-5-17(21)6-4-16/h3-6,13,19,22H,7-12H2,1-2H3/t19-/m1/s1. The van der Waals surface area contributed by atoms with E-state index in [1.807, 2.05) is 12.1 Å². The predicted molar refractivity (Wildman–Crippen MR) is 111 cm³/mol. The summed E-state index contributed by atoms with van der Waals surface area (Å²) < 4.78 is 7.76. The minimum absolute atomic E-state index is 0.305. The first-order chi connectivity index (χ1) is 13.1. The quantitative estimate of drug-likeness (QED) is 0.678. The summed E-state index contributed by atoms with van der Waals surface area (Å²) in [5, 5.41) is 4.44. The summed E-state index contributed by atoms with van der Waals surface area (Å²) in [4.78, 5) is 9.54. The third kappa shape index (κ3) is 4.20. The summed E-state index contributed by atoms with van der Waals surface area (Å²) in [6.07, 6.45) is 2.18. The molecule has 0 spiro atoms. The van der Waals surface area contributed by atoms with Gasteiger partial charge in [0.05, 0.1) is 24.6 Å². The van der Waals surface area contributed by atoms with Gasteiger partial charge in [-0.05, 0) is 31.5 Å². The lowest BCUT2D eigenvalue weighted by Crippen LogP contribution is -2.42. The molecule has 0 radical (unpaired) electrons. The molecule has 3 heterocycles. The number of hydrogen-bond donors (Lipinski definition) is 1. The topological polar surface area (TPSA) is 41.8 Å². The molecule has 3 aromatic rings. The largest absolute Gasteiger partial charge is 0.379 e. The highest BCUT2D eigenvalue weighted by atomic mass is 35.5. The third-order valence-electron chi connectivity index (χ3n) is 5.11. The van der Waals surface area contributed by atoms with Gasteiger partial charge in [0.15, 0.2) is 4.96 Å². The Kier molecular flexibility index (Phi) is 5.80. The van der Waals surface area contributed by atoms with Crippen LogP contribution in [0.4, 0.5) is 0 Å². The summed E-state index contributed by atoms with van der Waals surface area (Å²) in [7, 11) is 0. The van der Waals surface area contributed by atoms with Crippen LogP contribution in [0.5, 0.6) is 0 Å². The van der Waals surface area contributed by atoms with Gasteiger partial charge < -0.3 is 10.1 Å². The maximum absolute atomic E-state index is 6.09. The zero-order valence-electron chi connectivity index (χ0n) is 15.7. The minimum atomic E-state index is 0.305. The smallest absolute Gasteiger partial charge is 0.194 e. The lowest BCUT2D eigenvalue weighted by Gasteiger charge is -2.35. The van der Waals surface area contributed by atoms with E-state index in [2.05, 4.69) is 51.8 Å². The van der Waals surface area contributed by atoms with Gasteiger partial charge in [-0.1, -0.05) is 23.7 Å². The van der Waals surface area contributed by atoms with Crippen LogP contribution in [0, 0.1) is 13.8 Å². The number of nitrogens with one attached hydrogen (secondary N) is 1. The van der Waals surface area contributed by atoms with E-state index in [9.17, 15) is 0 Å². The highest BCUT2D eigenvalue weighted by Gasteiger charge is 2.22. The molecular weight excluding hydrogens is 380 g/mol. The number of hydrogen-bond acceptors (Lipinski definition) is 5. The highest BCUT2D eigenvalue weighted by molar-refractivity contribution is 7.17. The normalized spacial score (nSPS) is 16.9. The van der Waals surface area contributed by atoms with Crippen molar-refractivity contribution in [1.82, 2.24) is 19.6 Å². The second-order valence-corrected chi connectivity index (χ2v) is 8.63. The molecule has 7 heteroatoms. The fourth-order valence-electron chi connectivity index (χ4n) is 3.68. The van der Waals surface area contributed by atoms with Gasteiger partial charge in [0.25, 0.3) is 0 Å². The first-order valence-electron chi connectivity index (χ1n) is 9.34. The SMILES string of the molecule is Cc1cn2c(CNC[C@H](c3ccc(Cl)cc3)N3CCOCC3)c(C)nc2s1. The Bertz CT molecular complexity index is 899. The molecule has 1 atom stereocenters. The van der Waals surface area contributed by atoms with Crippen LogP contribution in [0.15, 0.2) is 30.5 Å². The molecular formula is C20H25ClN4OS. The van der Waals surface area contributed by atoms with Crippen molar-refractivity contribution in [2.24, 2.45) is 0 Å². The van der Waals surface area contributed by atoms with Crippen molar-refractivity contribution in [3.63, 3.8) is 0 Å². The molecule has 1 saturated heterocycles. The fourth-order valence-corrected chi connectivity index (χ4v) is 4.70. The van der Waals surface area contributed by atoms with E-state index in [-0.39, 0.29) is 0 Å². The number of rotatable bonds is 6. The molecule has 0 bridgehead atoms. The molecule has 27 heavy (non-hydrogen) atoms. The molecule has 1 aliphatic rings. The van der Waals surface area contributed by atoms with Gasteiger partial charge in [-0.15, -0.1) is 11.3 Å². The number of ether oxygens (including phenoxy) is 1. The number of benzene rings is 1. The average molecular weight is 405 g/mol. The van der Waals surface area contributed by atoms with E-state index in [4.69, 9.17) is 16.3 Å². The number of morpholine rings is 1. The molecule has 0 amide bonds. The first-order valence-corrected chi connectivity index (χ1v) is 10.5. The Morgan fingerprint density at radius 3 is 2.70 bits per heavy atom. The molecule has 0 aliphatic carbocycles. The molecule has 1 aromatic carbocycles. The zero-order valence-corrected chi connectivity index (χ0v) is 17.3. The van der Waals surface area contributed by atoms with Crippen molar-refractivity contribution in [2.75, 3.05) is 32.8 Å². The minimum Gasteiger partial charge on any atom is -0.379 e. The molecule has 0 unspecified atom stereocenters. The summed E-state index contributed by atoms with van der Waals surface area (Å²) in [5.41, 5.74) is 3.63. The number of nitrogens with zero attached hydrogens (tertiary/aromatic N) is 3. The monoisotopic (exact) mass is 404 g/mol. The fraction of sp³-hybridized carbons (Fsp3) is 0.450. The summed E-state index contributed by atoms with van der Waals surface area (Å²) in [6.45, 7) is 9.38. The van der Waals surface area contributed by atoms with Crippen molar-refractivity contribution >= 4 is 27.9 Å². The average Bonchev–Trinajstić information content (AvgIpc) is 3.16. The summed E-state index contributed by atoms with van der Waals surface area (Å²) in [6, 6.07) is 8.52. The second kappa shape index (κ2) is 8.29. The van der Waals surface area contributed by atoms with Gasteiger partial charge in [0.2, 0.25) is 0 Å². The van der Waals surface area contributed by atoms with Crippen molar-refractivity contribution in [1.29, 1.82) is 0 Å². The Hall–Kier alpha value is -1.44. The molecule has 1 fully saturated rings. The zero-order chi connectivity index (χ0) is 18.8. The number of thiazole rings is 1. The van der Waals surface area contributed by atoms with Crippen LogP contribution in [0.25, 0.3) is 4.96 Å².